The molecule has 0 saturated heterocycles. The number of H-pyrrole nitrogens is 1. The van der Waals surface area contributed by atoms with E-state index < -0.39 is 0 Å². The lowest BCUT2D eigenvalue weighted by Gasteiger charge is -2.11. The van der Waals surface area contributed by atoms with Gasteiger partial charge in [0.05, 0.1) is 18.1 Å². The Hall–Kier alpha value is -3.02. The number of aryl methyl sites for hydroxylation is 1. The molecule has 0 aliphatic rings. The molecule has 0 aliphatic heterocycles. The van der Waals surface area contributed by atoms with Crippen LogP contribution in [-0.4, -0.2) is 42.7 Å². The van der Waals surface area contributed by atoms with E-state index in [4.69, 9.17) is 4.74 Å². The van der Waals surface area contributed by atoms with Gasteiger partial charge in [-0.25, -0.2) is 4.98 Å². The maximum Gasteiger partial charge on any atom is 0.191 e. The summed E-state index contributed by atoms with van der Waals surface area (Å²) in [5.74, 6) is 2.77. The number of hydrogen-bond acceptors (Lipinski definition) is 3. The number of rotatable bonds is 9. The molecule has 3 rings (SSSR count). The second-order valence-corrected chi connectivity index (χ2v) is 6.59. The monoisotopic (exact) mass is 379 g/mol. The van der Waals surface area contributed by atoms with Crippen LogP contribution in [0.4, 0.5) is 0 Å². The number of aromatic amines is 1. The maximum absolute atomic E-state index is 5.20. The Kier molecular flexibility index (Phi) is 7.29. The fraction of sp³-hybridized carbons (Fsp3) is 0.364. The molecule has 6 nitrogen and oxygen atoms in total. The Labute approximate surface area is 166 Å². The summed E-state index contributed by atoms with van der Waals surface area (Å²) in [6.45, 7) is 4.52. The zero-order valence-electron chi connectivity index (χ0n) is 16.7. The molecule has 0 aliphatic carbocycles. The molecule has 3 aromatic rings. The lowest BCUT2D eigenvalue weighted by molar-refractivity contribution is 0.414. The van der Waals surface area contributed by atoms with E-state index in [-0.39, 0.29) is 0 Å². The normalized spacial score (nSPS) is 11.6. The topological polar surface area (TPSA) is 74.3 Å². The molecule has 0 saturated carbocycles. The zero-order chi connectivity index (χ0) is 19.6. The highest BCUT2D eigenvalue weighted by Crippen LogP contribution is 2.12. The number of methoxy groups -OCH3 is 1. The van der Waals surface area contributed by atoms with Crippen LogP contribution in [0.5, 0.6) is 5.75 Å². The molecule has 6 heteroatoms. The lowest BCUT2D eigenvalue weighted by Crippen LogP contribution is -2.38. The van der Waals surface area contributed by atoms with Crippen LogP contribution >= 0.6 is 0 Å². The van der Waals surface area contributed by atoms with Crippen LogP contribution in [0.3, 0.4) is 0 Å². The second kappa shape index (κ2) is 10.3. The number of para-hydroxylation sites is 2. The summed E-state index contributed by atoms with van der Waals surface area (Å²) in [6, 6.07) is 16.3. The van der Waals surface area contributed by atoms with Gasteiger partial charge in [-0.15, -0.1) is 0 Å². The first-order valence-electron chi connectivity index (χ1n) is 9.87. The molecular weight excluding hydrogens is 350 g/mol. The number of nitrogens with one attached hydrogen (secondary N) is 3. The number of imidazole rings is 1. The smallest absolute Gasteiger partial charge is 0.191 e. The summed E-state index contributed by atoms with van der Waals surface area (Å²) in [5, 5.41) is 6.70. The third-order valence-corrected chi connectivity index (χ3v) is 4.49. The maximum atomic E-state index is 5.20. The van der Waals surface area contributed by atoms with Crippen molar-refractivity contribution < 1.29 is 4.74 Å². The van der Waals surface area contributed by atoms with Crippen LogP contribution in [0.25, 0.3) is 11.0 Å². The van der Waals surface area contributed by atoms with Crippen molar-refractivity contribution >= 4 is 17.0 Å². The summed E-state index contributed by atoms with van der Waals surface area (Å²) in [5.41, 5.74) is 3.39. The Morgan fingerprint density at radius 2 is 1.89 bits per heavy atom. The number of aromatic nitrogens is 2. The highest BCUT2D eigenvalue weighted by atomic mass is 16.5. The van der Waals surface area contributed by atoms with Gasteiger partial charge in [0, 0.05) is 26.1 Å². The van der Waals surface area contributed by atoms with Gasteiger partial charge in [-0.05, 0) is 49.6 Å². The summed E-state index contributed by atoms with van der Waals surface area (Å²) in [7, 11) is 1.68. The van der Waals surface area contributed by atoms with E-state index in [1.165, 1.54) is 5.56 Å². The van der Waals surface area contributed by atoms with Gasteiger partial charge < -0.3 is 20.4 Å². The standard InChI is InChI=1S/C22H29N5O/c1-3-23-22(25-16-14-17-10-12-18(28-2)13-11-17)24-15-6-9-21-26-19-7-4-5-8-20(19)27-21/h4-5,7-8,10-13H,3,6,9,14-16H2,1-2H3,(H,26,27)(H2,23,24,25). The first kappa shape index (κ1) is 19.7. The van der Waals surface area contributed by atoms with E-state index in [0.717, 1.165) is 67.5 Å². The summed E-state index contributed by atoms with van der Waals surface area (Å²) >= 11 is 0. The fourth-order valence-corrected chi connectivity index (χ4v) is 3.02. The first-order chi connectivity index (χ1) is 13.8. The van der Waals surface area contributed by atoms with Gasteiger partial charge in [0.15, 0.2) is 5.96 Å². The summed E-state index contributed by atoms with van der Waals surface area (Å²) in [4.78, 5) is 12.7. The van der Waals surface area contributed by atoms with Crippen LogP contribution in [-0.2, 0) is 12.8 Å². The van der Waals surface area contributed by atoms with Gasteiger partial charge in [-0.2, -0.15) is 0 Å². The Bertz CT molecular complexity index is 852. The molecule has 0 fully saturated rings. The van der Waals surface area contributed by atoms with E-state index >= 15 is 0 Å². The van der Waals surface area contributed by atoms with Crippen molar-refractivity contribution in [3.8, 4) is 5.75 Å². The van der Waals surface area contributed by atoms with Gasteiger partial charge >= 0.3 is 0 Å². The molecule has 0 spiro atoms. The SMILES string of the molecule is CCNC(=NCCCc1nc2ccccc2[nH]1)NCCc1ccc(OC)cc1. The summed E-state index contributed by atoms with van der Waals surface area (Å²) in [6.07, 6.45) is 2.78. The largest absolute Gasteiger partial charge is 0.497 e. The number of guanidine groups is 1. The molecule has 0 unspecified atom stereocenters. The van der Waals surface area contributed by atoms with Crippen LogP contribution in [0.1, 0.15) is 24.7 Å². The number of ether oxygens (including phenoxy) is 1. The van der Waals surface area contributed by atoms with Crippen molar-refractivity contribution in [1.82, 2.24) is 20.6 Å². The number of fused-ring (bicyclic) bond motifs is 1. The minimum absolute atomic E-state index is 0.759. The number of aliphatic imine (C=N–C) groups is 1. The summed E-state index contributed by atoms with van der Waals surface area (Å²) < 4.78 is 5.20. The average Bonchev–Trinajstić information content (AvgIpc) is 3.14. The van der Waals surface area contributed by atoms with Crippen LogP contribution in [0, 0.1) is 0 Å². The minimum atomic E-state index is 0.759. The fourth-order valence-electron chi connectivity index (χ4n) is 3.02. The Morgan fingerprint density at radius 3 is 2.64 bits per heavy atom. The van der Waals surface area contributed by atoms with Crippen molar-refractivity contribution in [1.29, 1.82) is 0 Å². The molecule has 1 aromatic heterocycles. The van der Waals surface area contributed by atoms with Gasteiger partial charge in [-0.3, -0.25) is 4.99 Å². The van der Waals surface area contributed by atoms with E-state index in [0.29, 0.717) is 0 Å². The molecule has 0 bridgehead atoms. The molecule has 2 aromatic carbocycles. The molecular formula is C22H29N5O. The molecule has 0 radical (unpaired) electrons. The predicted octanol–water partition coefficient (Wildman–Crippen LogP) is 3.30. The van der Waals surface area contributed by atoms with Crippen molar-refractivity contribution in [3.05, 3.63) is 59.9 Å². The molecule has 28 heavy (non-hydrogen) atoms. The highest BCUT2D eigenvalue weighted by Gasteiger charge is 2.02. The Balaban J connectivity index is 1.43. The van der Waals surface area contributed by atoms with Crippen LogP contribution in [0.15, 0.2) is 53.5 Å². The zero-order valence-corrected chi connectivity index (χ0v) is 16.7. The van der Waals surface area contributed by atoms with Crippen molar-refractivity contribution in [2.24, 2.45) is 4.99 Å². The number of nitrogens with zero attached hydrogens (tertiary/aromatic N) is 2. The van der Waals surface area contributed by atoms with Crippen LogP contribution in [0.2, 0.25) is 0 Å². The number of hydrogen-bond donors (Lipinski definition) is 3. The van der Waals surface area contributed by atoms with Crippen LogP contribution < -0.4 is 15.4 Å². The highest BCUT2D eigenvalue weighted by molar-refractivity contribution is 5.79. The second-order valence-electron chi connectivity index (χ2n) is 6.59. The third kappa shape index (κ3) is 5.74. The first-order valence-corrected chi connectivity index (χ1v) is 9.87. The number of benzene rings is 2. The molecule has 1 heterocycles. The average molecular weight is 380 g/mol. The quantitative estimate of drug-likeness (QED) is 0.303. The van der Waals surface area contributed by atoms with Gasteiger partial charge in [0.2, 0.25) is 0 Å². The van der Waals surface area contributed by atoms with Crippen molar-refractivity contribution in [3.63, 3.8) is 0 Å². The Morgan fingerprint density at radius 1 is 1.07 bits per heavy atom. The third-order valence-electron chi connectivity index (χ3n) is 4.49. The van der Waals surface area contributed by atoms with E-state index in [9.17, 15) is 0 Å². The predicted molar refractivity (Wildman–Crippen MR) is 115 cm³/mol. The van der Waals surface area contributed by atoms with E-state index in [1.807, 2.05) is 30.3 Å². The molecule has 0 amide bonds. The van der Waals surface area contributed by atoms with E-state index in [2.05, 4.69) is 50.7 Å². The lowest BCUT2D eigenvalue weighted by atomic mass is 10.1. The van der Waals surface area contributed by atoms with Gasteiger partial charge in [-0.1, -0.05) is 24.3 Å². The van der Waals surface area contributed by atoms with Crippen molar-refractivity contribution in [2.75, 3.05) is 26.7 Å². The van der Waals surface area contributed by atoms with Gasteiger partial charge in [0.25, 0.3) is 0 Å². The minimum Gasteiger partial charge on any atom is -0.497 e. The molecule has 3 N–H and O–H groups in total. The van der Waals surface area contributed by atoms with Gasteiger partial charge in [0.1, 0.15) is 11.6 Å². The van der Waals surface area contributed by atoms with Crippen molar-refractivity contribution in [2.45, 2.75) is 26.2 Å². The van der Waals surface area contributed by atoms with E-state index in [1.54, 1.807) is 7.11 Å². The molecule has 148 valence electrons. The molecule has 0 atom stereocenters.